The molecule has 116 valence electrons. The minimum Gasteiger partial charge on any atom is -0.388 e. The third kappa shape index (κ3) is 291000. The molecule has 0 aliphatic heterocycles. The molecule has 0 rings (SSSR count). The van der Waals surface area contributed by atoms with Gasteiger partial charge in [0.15, 0.2) is 0 Å². The number of methoxy groups -OCH3 is 1. The standard InChI is InChI=1S/C3H6O.C2H7N.C2H6O2S.C2H6O.C2H6S/c1-3(2)4;1-3-2;1-5(2,3)4;2*1-3-2/h1-2H3;3H,1-2H3;1-2H3;2*1-2H3. The quantitative estimate of drug-likeness (QED) is 0.728. The fraction of sp³-hybridized carbons (Fsp3) is 0.909. The van der Waals surface area contributed by atoms with Crippen LogP contribution in [0.1, 0.15) is 13.8 Å². The number of carbonyl (C=O) groups is 1. The van der Waals surface area contributed by atoms with Crippen molar-refractivity contribution in [3.8, 4) is 0 Å². The Bertz CT molecular complexity index is 200. The lowest BCUT2D eigenvalue weighted by molar-refractivity contribution is -0.114. The Labute approximate surface area is 118 Å². The van der Waals surface area contributed by atoms with Crippen molar-refractivity contribution >= 4 is 27.4 Å². The number of hydrogen-bond acceptors (Lipinski definition) is 6. The molecular weight excluding hydrogens is 274 g/mol. The molecule has 0 saturated carbocycles. The molecular formula is C11H31NO4S2. The number of rotatable bonds is 0. The van der Waals surface area contributed by atoms with Crippen LogP contribution in [0.3, 0.4) is 0 Å². The summed E-state index contributed by atoms with van der Waals surface area (Å²) in [7, 11) is 4.33. The highest BCUT2D eigenvalue weighted by Gasteiger charge is 1.79. The van der Waals surface area contributed by atoms with Crippen LogP contribution >= 0.6 is 11.8 Å². The summed E-state index contributed by atoms with van der Waals surface area (Å²) >= 11 is 1.75. The molecule has 18 heavy (non-hydrogen) atoms. The van der Waals surface area contributed by atoms with Crippen molar-refractivity contribution in [3.05, 3.63) is 0 Å². The number of nitrogens with one attached hydrogen (secondary N) is 1. The van der Waals surface area contributed by atoms with Gasteiger partial charge in [-0.05, 0) is 40.5 Å². The van der Waals surface area contributed by atoms with E-state index in [9.17, 15) is 13.2 Å². The summed E-state index contributed by atoms with van der Waals surface area (Å²) in [6.45, 7) is 3.06. The van der Waals surface area contributed by atoms with Crippen molar-refractivity contribution < 1.29 is 17.9 Å². The average Bonchev–Trinajstić information content (AvgIpc) is 2.01. The number of carbonyl (C=O) groups excluding carboxylic acids is 1. The Morgan fingerprint density at radius 1 is 1.06 bits per heavy atom. The van der Waals surface area contributed by atoms with Crippen LogP contribution in [-0.4, -0.2) is 67.5 Å². The van der Waals surface area contributed by atoms with Crippen molar-refractivity contribution in [1.82, 2.24) is 5.32 Å². The fourth-order valence-corrected chi connectivity index (χ4v) is 0. The maximum absolute atomic E-state index is 9.63. The first-order valence-electron chi connectivity index (χ1n) is 4.99. The van der Waals surface area contributed by atoms with Gasteiger partial charge in [0.25, 0.3) is 0 Å². The van der Waals surface area contributed by atoms with Crippen LogP contribution in [0, 0.1) is 0 Å². The zero-order valence-corrected chi connectivity index (χ0v) is 15.1. The zero-order valence-electron chi connectivity index (χ0n) is 13.4. The van der Waals surface area contributed by atoms with E-state index in [0.717, 1.165) is 12.5 Å². The number of Topliss-reactive ketones (excluding diaryl/α,β-unsaturated/α-hetero) is 1. The maximum atomic E-state index is 9.63. The molecule has 1 N–H and O–H groups in total. The second kappa shape index (κ2) is 30.2. The Balaban J connectivity index is -0.0000000400. The molecule has 0 heterocycles. The Kier molecular flexibility index (Phi) is 51.5. The normalized spacial score (nSPS) is 7.67. The topological polar surface area (TPSA) is 72.5 Å². The van der Waals surface area contributed by atoms with E-state index in [-0.39, 0.29) is 5.78 Å². The summed E-state index contributed by atoms with van der Waals surface area (Å²) in [5, 5.41) is 2.75. The second-order valence-electron chi connectivity index (χ2n) is 3.37. The largest absolute Gasteiger partial charge is 0.388 e. The predicted molar refractivity (Wildman–Crippen MR) is 84.5 cm³/mol. The third-order valence-electron chi connectivity index (χ3n) is 0. The van der Waals surface area contributed by atoms with Crippen LogP contribution in [0.4, 0.5) is 0 Å². The van der Waals surface area contributed by atoms with Gasteiger partial charge in [-0.1, -0.05) is 0 Å². The molecule has 0 aromatic heterocycles. The molecule has 0 atom stereocenters. The number of hydrogen-bond donors (Lipinski definition) is 1. The molecule has 0 amide bonds. The second-order valence-corrected chi connectivity index (χ2v) is 6.47. The summed E-state index contributed by atoms with van der Waals surface area (Å²) in [4.78, 5) is 9.44. The highest BCUT2D eigenvalue weighted by atomic mass is 32.2. The van der Waals surface area contributed by atoms with Gasteiger partial charge >= 0.3 is 0 Å². The van der Waals surface area contributed by atoms with E-state index in [4.69, 9.17) is 0 Å². The van der Waals surface area contributed by atoms with Gasteiger partial charge < -0.3 is 14.8 Å². The molecule has 0 unspecified atom stereocenters. The van der Waals surface area contributed by atoms with Gasteiger partial charge in [0, 0.05) is 26.7 Å². The Morgan fingerprint density at radius 2 is 1.06 bits per heavy atom. The van der Waals surface area contributed by atoms with Crippen molar-refractivity contribution in [3.63, 3.8) is 0 Å². The van der Waals surface area contributed by atoms with Crippen LogP contribution in [0.25, 0.3) is 0 Å². The number of ketones is 1. The van der Waals surface area contributed by atoms with Gasteiger partial charge in [0.2, 0.25) is 0 Å². The smallest absolute Gasteiger partial charge is 0.144 e. The van der Waals surface area contributed by atoms with Crippen LogP contribution in [0.15, 0.2) is 0 Å². The highest BCUT2D eigenvalue weighted by Crippen LogP contribution is 1.70. The predicted octanol–water partition coefficient (Wildman–Crippen LogP) is 1.33. The molecule has 0 aromatic carbocycles. The number of thioether (sulfide) groups is 1. The average molecular weight is 306 g/mol. The van der Waals surface area contributed by atoms with E-state index in [1.807, 2.05) is 26.6 Å². The molecule has 0 fully saturated rings. The SMILES string of the molecule is CC(C)=O.CNC.COC.CS(C)(=O)=O.CSC. The van der Waals surface area contributed by atoms with Gasteiger partial charge in [-0.15, -0.1) is 0 Å². The molecule has 0 radical (unpaired) electrons. The zero-order chi connectivity index (χ0) is 16.2. The van der Waals surface area contributed by atoms with Gasteiger partial charge in [-0.25, -0.2) is 8.42 Å². The maximum Gasteiger partial charge on any atom is 0.144 e. The summed E-state index contributed by atoms with van der Waals surface area (Å²) in [5.74, 6) is 0.167. The van der Waals surface area contributed by atoms with Crippen LogP contribution in [-0.2, 0) is 19.4 Å². The van der Waals surface area contributed by atoms with E-state index in [1.54, 1.807) is 26.0 Å². The Morgan fingerprint density at radius 3 is 1.06 bits per heavy atom. The van der Waals surface area contributed by atoms with Crippen LogP contribution in [0.5, 0.6) is 0 Å². The lowest BCUT2D eigenvalue weighted by Crippen LogP contribution is -1.89. The molecule has 0 aromatic rings. The summed E-state index contributed by atoms with van der Waals surface area (Å²) in [6, 6.07) is 0. The van der Waals surface area contributed by atoms with Gasteiger partial charge in [0.1, 0.15) is 15.6 Å². The monoisotopic (exact) mass is 305 g/mol. The minimum absolute atomic E-state index is 0.167. The van der Waals surface area contributed by atoms with Crippen LogP contribution < -0.4 is 5.32 Å². The lowest BCUT2D eigenvalue weighted by Gasteiger charge is -1.69. The minimum atomic E-state index is -2.67. The first kappa shape index (κ1) is 30.7. The van der Waals surface area contributed by atoms with Crippen molar-refractivity contribution in [2.45, 2.75) is 13.8 Å². The number of ether oxygens (including phenoxy) is 1. The van der Waals surface area contributed by atoms with E-state index in [0.29, 0.717) is 0 Å². The summed E-state index contributed by atoms with van der Waals surface area (Å²) in [5.41, 5.74) is 0. The van der Waals surface area contributed by atoms with Gasteiger partial charge in [-0.3, -0.25) is 0 Å². The fourth-order valence-electron chi connectivity index (χ4n) is 0. The van der Waals surface area contributed by atoms with Crippen molar-refractivity contribution in [2.75, 3.05) is 53.3 Å². The van der Waals surface area contributed by atoms with Crippen LogP contribution in [0.2, 0.25) is 0 Å². The van der Waals surface area contributed by atoms with Crippen molar-refractivity contribution in [1.29, 1.82) is 0 Å². The summed E-state index contributed by atoms with van der Waals surface area (Å²) in [6.07, 6.45) is 6.40. The molecule has 0 aliphatic carbocycles. The molecule has 0 spiro atoms. The van der Waals surface area contributed by atoms with E-state index in [2.05, 4.69) is 10.1 Å². The van der Waals surface area contributed by atoms with Gasteiger partial charge in [-0.2, -0.15) is 11.8 Å². The Hall–Kier alpha value is -0.110. The van der Waals surface area contributed by atoms with E-state index >= 15 is 0 Å². The van der Waals surface area contributed by atoms with Crippen molar-refractivity contribution in [2.24, 2.45) is 0 Å². The van der Waals surface area contributed by atoms with E-state index in [1.165, 1.54) is 13.8 Å². The highest BCUT2D eigenvalue weighted by molar-refractivity contribution is 7.97. The van der Waals surface area contributed by atoms with Gasteiger partial charge in [0.05, 0.1) is 0 Å². The first-order chi connectivity index (χ1) is 7.97. The lowest BCUT2D eigenvalue weighted by atomic mass is 10.6. The first-order valence-corrected chi connectivity index (χ1v) is 8.92. The molecule has 0 bridgehead atoms. The molecule has 5 nitrogen and oxygen atoms in total. The molecule has 0 aliphatic rings. The number of sulfone groups is 1. The molecule has 0 saturated heterocycles. The van der Waals surface area contributed by atoms with E-state index < -0.39 is 9.84 Å². The summed E-state index contributed by atoms with van der Waals surface area (Å²) < 4.78 is 23.5. The third-order valence-corrected chi connectivity index (χ3v) is 0. The molecule has 7 heteroatoms.